The van der Waals surface area contributed by atoms with Gasteiger partial charge in [0.2, 0.25) is 5.78 Å². The van der Waals surface area contributed by atoms with Gasteiger partial charge in [-0.2, -0.15) is 5.26 Å². The number of benzene rings is 1. The lowest BCUT2D eigenvalue weighted by atomic mass is 10.1. The molecule has 0 saturated carbocycles. The molecule has 0 unspecified atom stereocenters. The molecule has 0 bridgehead atoms. The molecule has 0 amide bonds. The summed E-state index contributed by atoms with van der Waals surface area (Å²) in [5.41, 5.74) is 3.09. The smallest absolute Gasteiger partial charge is 0.202 e. The molecule has 0 fully saturated rings. The molecule has 2 aromatic heterocycles. The molecule has 25 heavy (non-hydrogen) atoms. The highest BCUT2D eigenvalue weighted by molar-refractivity contribution is 5.98. The van der Waals surface area contributed by atoms with E-state index in [2.05, 4.69) is 0 Å². The van der Waals surface area contributed by atoms with Gasteiger partial charge in [-0.05, 0) is 56.3 Å². The first-order chi connectivity index (χ1) is 12.1. The quantitative estimate of drug-likeness (QED) is 0.642. The number of nitriles is 1. The summed E-state index contributed by atoms with van der Waals surface area (Å²) in [4.78, 5) is 12.5. The summed E-state index contributed by atoms with van der Waals surface area (Å²) in [5.74, 6) is 1.33. The highest BCUT2D eigenvalue weighted by atomic mass is 16.5. The molecule has 1 aromatic carbocycles. The van der Waals surface area contributed by atoms with Crippen molar-refractivity contribution in [3.8, 4) is 11.8 Å². The monoisotopic (exact) mass is 334 g/mol. The number of hydrogen-bond donors (Lipinski definition) is 0. The Labute approximate surface area is 146 Å². The van der Waals surface area contributed by atoms with Crippen molar-refractivity contribution in [1.29, 1.82) is 5.26 Å². The number of nitrogens with zero attached hydrogens (tertiary/aromatic N) is 2. The Morgan fingerprint density at radius 3 is 2.64 bits per heavy atom. The molecule has 0 saturated heterocycles. The summed E-state index contributed by atoms with van der Waals surface area (Å²) in [6.45, 7) is 4.43. The third-order valence-electron chi connectivity index (χ3n) is 4.12. The number of Topliss-reactive ketones (excluding diaryl/α,β-unsaturated/α-hetero) is 1. The van der Waals surface area contributed by atoms with Gasteiger partial charge in [0.1, 0.15) is 11.5 Å². The van der Waals surface area contributed by atoms with E-state index >= 15 is 0 Å². The van der Waals surface area contributed by atoms with Gasteiger partial charge in [0, 0.05) is 17.0 Å². The van der Waals surface area contributed by atoms with Gasteiger partial charge in [-0.25, -0.2) is 0 Å². The molecule has 3 aromatic rings. The van der Waals surface area contributed by atoms with Gasteiger partial charge in [-0.3, -0.25) is 4.79 Å². The van der Waals surface area contributed by atoms with Gasteiger partial charge in [-0.1, -0.05) is 0 Å². The Hall–Kier alpha value is -3.26. The first-order valence-electron chi connectivity index (χ1n) is 7.93. The van der Waals surface area contributed by atoms with E-state index in [1.54, 1.807) is 30.5 Å². The van der Waals surface area contributed by atoms with Crippen LogP contribution in [0.5, 0.6) is 5.75 Å². The van der Waals surface area contributed by atoms with Crippen LogP contribution in [0.1, 0.15) is 33.1 Å². The number of ketones is 1. The number of aromatic nitrogens is 1. The second kappa shape index (κ2) is 7.10. The van der Waals surface area contributed by atoms with Gasteiger partial charge in [0.15, 0.2) is 6.61 Å². The van der Waals surface area contributed by atoms with Crippen LogP contribution in [-0.2, 0) is 6.54 Å². The molecular formula is C20H18N2O3. The summed E-state index contributed by atoms with van der Waals surface area (Å²) in [7, 11) is 0. The summed E-state index contributed by atoms with van der Waals surface area (Å²) in [5, 5.41) is 8.79. The molecule has 0 atom stereocenters. The molecule has 126 valence electrons. The minimum absolute atomic E-state index is 0.0447. The lowest BCUT2D eigenvalue weighted by Crippen LogP contribution is -2.13. The van der Waals surface area contributed by atoms with E-state index in [4.69, 9.17) is 14.4 Å². The van der Waals surface area contributed by atoms with E-state index in [-0.39, 0.29) is 12.4 Å². The van der Waals surface area contributed by atoms with Crippen molar-refractivity contribution in [3.05, 3.63) is 77.0 Å². The van der Waals surface area contributed by atoms with Gasteiger partial charge in [0.25, 0.3) is 0 Å². The SMILES string of the molecule is Cc1cc(C(=O)COc2ccc(C#N)cc2)c(C)n1Cc1ccco1. The molecule has 0 aliphatic rings. The molecule has 0 aliphatic carbocycles. The summed E-state index contributed by atoms with van der Waals surface area (Å²) < 4.78 is 13.0. The van der Waals surface area contributed by atoms with Gasteiger partial charge in [0.05, 0.1) is 24.4 Å². The largest absolute Gasteiger partial charge is 0.485 e. The lowest BCUT2D eigenvalue weighted by Gasteiger charge is -2.08. The molecule has 3 rings (SSSR count). The molecule has 0 spiro atoms. The number of aryl methyl sites for hydroxylation is 1. The Bertz CT molecular complexity index is 913. The molecule has 0 aliphatic heterocycles. The minimum atomic E-state index is -0.0804. The highest BCUT2D eigenvalue weighted by Crippen LogP contribution is 2.19. The predicted octanol–water partition coefficient (Wildman–Crippen LogP) is 3.88. The second-order valence-electron chi connectivity index (χ2n) is 5.80. The number of carbonyl (C=O) groups is 1. The first-order valence-corrected chi connectivity index (χ1v) is 7.93. The fraction of sp³-hybridized carbons (Fsp3) is 0.200. The van der Waals surface area contributed by atoms with Crippen molar-refractivity contribution >= 4 is 5.78 Å². The van der Waals surface area contributed by atoms with Crippen LogP contribution in [0.15, 0.2) is 53.1 Å². The maximum atomic E-state index is 12.5. The van der Waals surface area contributed by atoms with E-state index in [0.29, 0.717) is 23.4 Å². The Kier molecular flexibility index (Phi) is 4.71. The fourth-order valence-electron chi connectivity index (χ4n) is 2.74. The van der Waals surface area contributed by atoms with Gasteiger partial charge < -0.3 is 13.7 Å². The average Bonchev–Trinajstić information content (AvgIpc) is 3.24. The third-order valence-corrected chi connectivity index (χ3v) is 4.12. The van der Waals surface area contributed by atoms with Crippen LogP contribution in [0, 0.1) is 25.2 Å². The van der Waals surface area contributed by atoms with E-state index in [1.165, 1.54) is 0 Å². The molecule has 0 N–H and O–H groups in total. The maximum Gasteiger partial charge on any atom is 0.202 e. The van der Waals surface area contributed by atoms with Crippen LogP contribution in [0.3, 0.4) is 0 Å². The molecule has 5 heteroatoms. The van der Waals surface area contributed by atoms with E-state index in [0.717, 1.165) is 17.1 Å². The van der Waals surface area contributed by atoms with Crippen molar-refractivity contribution in [2.75, 3.05) is 6.61 Å². The number of rotatable bonds is 6. The van der Waals surface area contributed by atoms with Crippen LogP contribution >= 0.6 is 0 Å². The summed E-state index contributed by atoms with van der Waals surface area (Å²) >= 11 is 0. The number of furan rings is 1. The Morgan fingerprint density at radius 2 is 2.00 bits per heavy atom. The number of ether oxygens (including phenoxy) is 1. The standard InChI is InChI=1S/C20H18N2O3/c1-14-10-19(15(2)22(14)12-18-4-3-9-24-18)20(23)13-25-17-7-5-16(11-21)6-8-17/h3-10H,12-13H2,1-2H3. The predicted molar refractivity (Wildman–Crippen MR) is 92.7 cm³/mol. The van der Waals surface area contributed by atoms with Crippen LogP contribution in [0.4, 0.5) is 0 Å². The van der Waals surface area contributed by atoms with E-state index in [9.17, 15) is 4.79 Å². The summed E-state index contributed by atoms with van der Waals surface area (Å²) in [6.07, 6.45) is 1.64. The third kappa shape index (κ3) is 3.64. The van der Waals surface area contributed by atoms with Crippen molar-refractivity contribution in [3.63, 3.8) is 0 Å². The van der Waals surface area contributed by atoms with Crippen LogP contribution in [-0.4, -0.2) is 17.0 Å². The van der Waals surface area contributed by atoms with Gasteiger partial charge in [-0.15, -0.1) is 0 Å². The fourth-order valence-corrected chi connectivity index (χ4v) is 2.74. The van der Waals surface area contributed by atoms with E-state index in [1.807, 2.05) is 42.7 Å². The van der Waals surface area contributed by atoms with Crippen LogP contribution in [0.25, 0.3) is 0 Å². The van der Waals surface area contributed by atoms with Crippen molar-refractivity contribution in [1.82, 2.24) is 4.57 Å². The molecular weight excluding hydrogens is 316 g/mol. The number of hydrogen-bond acceptors (Lipinski definition) is 4. The highest BCUT2D eigenvalue weighted by Gasteiger charge is 2.17. The van der Waals surface area contributed by atoms with Crippen molar-refractivity contribution in [2.45, 2.75) is 20.4 Å². The molecule has 0 radical (unpaired) electrons. The second-order valence-corrected chi connectivity index (χ2v) is 5.80. The molecule has 2 heterocycles. The van der Waals surface area contributed by atoms with Crippen LogP contribution < -0.4 is 4.74 Å². The zero-order valence-corrected chi connectivity index (χ0v) is 14.2. The van der Waals surface area contributed by atoms with E-state index < -0.39 is 0 Å². The first kappa shape index (κ1) is 16.6. The van der Waals surface area contributed by atoms with Crippen LogP contribution in [0.2, 0.25) is 0 Å². The zero-order valence-electron chi connectivity index (χ0n) is 14.2. The normalized spacial score (nSPS) is 10.4. The Balaban J connectivity index is 1.70. The van der Waals surface area contributed by atoms with Crippen molar-refractivity contribution in [2.24, 2.45) is 0 Å². The molecule has 5 nitrogen and oxygen atoms in total. The summed E-state index contributed by atoms with van der Waals surface area (Å²) in [6, 6.07) is 14.4. The average molecular weight is 334 g/mol. The zero-order chi connectivity index (χ0) is 17.8. The lowest BCUT2D eigenvalue weighted by molar-refractivity contribution is 0.0920. The topological polar surface area (TPSA) is 68.2 Å². The van der Waals surface area contributed by atoms with Crippen molar-refractivity contribution < 1.29 is 13.9 Å². The van der Waals surface area contributed by atoms with Gasteiger partial charge >= 0.3 is 0 Å². The number of carbonyl (C=O) groups excluding carboxylic acids is 1. The maximum absolute atomic E-state index is 12.5. The Morgan fingerprint density at radius 1 is 1.24 bits per heavy atom. The minimum Gasteiger partial charge on any atom is -0.485 e.